The van der Waals surface area contributed by atoms with Gasteiger partial charge in [0.15, 0.2) is 15.6 Å². The van der Waals surface area contributed by atoms with Crippen LogP contribution >= 0.6 is 0 Å². The first kappa shape index (κ1) is 13.3. The van der Waals surface area contributed by atoms with E-state index < -0.39 is 9.84 Å². The number of nitrogens with zero attached hydrogens (tertiary/aromatic N) is 2. The van der Waals surface area contributed by atoms with Crippen LogP contribution in [0.4, 0.5) is 0 Å². The van der Waals surface area contributed by atoms with Crippen molar-refractivity contribution in [2.75, 3.05) is 0 Å². The fraction of sp³-hybridized carbons (Fsp3) is 0.500. The van der Waals surface area contributed by atoms with Gasteiger partial charge in [-0.25, -0.2) is 13.4 Å². The Bertz CT molecular complexity index is 668. The van der Waals surface area contributed by atoms with Gasteiger partial charge < -0.3 is 0 Å². The number of carbonyl (C=O) groups excluding carboxylic acids is 1. The molecular formula is C14H14N2O3S. The number of carbonyl (C=O) groups is 1. The maximum atomic E-state index is 12.4. The predicted molar refractivity (Wildman–Crippen MR) is 71.7 cm³/mol. The van der Waals surface area contributed by atoms with E-state index in [-0.39, 0.29) is 27.9 Å². The van der Waals surface area contributed by atoms with E-state index in [1.165, 1.54) is 12.3 Å². The first-order valence-corrected chi connectivity index (χ1v) is 8.26. The Balaban J connectivity index is 1.81. The number of fused-ring (bicyclic) bond motifs is 2. The highest BCUT2D eigenvalue weighted by atomic mass is 32.2. The van der Waals surface area contributed by atoms with E-state index in [9.17, 15) is 13.2 Å². The molecule has 0 N–H and O–H groups in total. The Morgan fingerprint density at radius 2 is 1.90 bits per heavy atom. The molecule has 3 heterocycles. The molecule has 20 heavy (non-hydrogen) atoms. The summed E-state index contributed by atoms with van der Waals surface area (Å²) in [6.07, 6.45) is 3.63. The SMILES string of the molecule is N#Cc1ccc(C(=O)C2CC3CCC(C2)S3(=O)=O)cn1. The zero-order chi connectivity index (χ0) is 14.3. The standard InChI is InChI=1S/C14H14N2O3S/c15-7-11-2-1-9(8-16-11)14(17)10-5-12-3-4-13(6-10)20(12,18)19/h1-2,8,10,12-13H,3-6H2. The summed E-state index contributed by atoms with van der Waals surface area (Å²) in [4.78, 5) is 16.3. The minimum absolute atomic E-state index is 0.0474. The van der Waals surface area contributed by atoms with E-state index in [4.69, 9.17) is 5.26 Å². The summed E-state index contributed by atoms with van der Waals surface area (Å²) in [5, 5.41) is 8.00. The summed E-state index contributed by atoms with van der Waals surface area (Å²) in [5.41, 5.74) is 0.737. The highest BCUT2D eigenvalue weighted by molar-refractivity contribution is 7.93. The van der Waals surface area contributed by atoms with Crippen molar-refractivity contribution < 1.29 is 13.2 Å². The van der Waals surface area contributed by atoms with E-state index in [1.807, 2.05) is 6.07 Å². The quantitative estimate of drug-likeness (QED) is 0.770. The summed E-state index contributed by atoms with van der Waals surface area (Å²) >= 11 is 0. The third-order valence-electron chi connectivity index (χ3n) is 4.37. The molecule has 0 aromatic carbocycles. The van der Waals surface area contributed by atoms with Crippen LogP contribution in [0, 0.1) is 17.2 Å². The Morgan fingerprint density at radius 3 is 2.40 bits per heavy atom. The molecule has 2 bridgehead atoms. The lowest BCUT2D eigenvalue weighted by Gasteiger charge is -2.26. The van der Waals surface area contributed by atoms with Crippen LogP contribution in [0.25, 0.3) is 0 Å². The minimum Gasteiger partial charge on any atom is -0.294 e. The summed E-state index contributed by atoms with van der Waals surface area (Å²) < 4.78 is 24.0. The van der Waals surface area contributed by atoms with E-state index in [2.05, 4.69) is 4.98 Å². The Morgan fingerprint density at radius 1 is 1.25 bits per heavy atom. The number of ketones is 1. The second-order valence-electron chi connectivity index (χ2n) is 5.49. The van der Waals surface area contributed by atoms with Crippen molar-refractivity contribution in [1.29, 1.82) is 5.26 Å². The van der Waals surface area contributed by atoms with Gasteiger partial charge in [0.2, 0.25) is 0 Å². The van der Waals surface area contributed by atoms with Gasteiger partial charge in [0.25, 0.3) is 0 Å². The second kappa shape index (κ2) is 4.67. The van der Waals surface area contributed by atoms with Crippen LogP contribution in [-0.4, -0.2) is 29.7 Å². The molecule has 0 spiro atoms. The van der Waals surface area contributed by atoms with Gasteiger partial charge in [-0.2, -0.15) is 5.26 Å². The molecule has 1 aromatic heterocycles. The van der Waals surface area contributed by atoms with E-state index in [0.717, 1.165) is 0 Å². The third-order valence-corrected chi connectivity index (χ3v) is 7.08. The lowest BCUT2D eigenvalue weighted by molar-refractivity contribution is 0.0905. The van der Waals surface area contributed by atoms with Crippen LogP contribution in [0.1, 0.15) is 41.7 Å². The molecular weight excluding hydrogens is 276 g/mol. The average Bonchev–Trinajstić information content (AvgIpc) is 2.66. The van der Waals surface area contributed by atoms with Crippen LogP contribution in [0.5, 0.6) is 0 Å². The molecule has 2 fully saturated rings. The molecule has 2 atom stereocenters. The summed E-state index contributed by atoms with van der Waals surface area (Å²) in [5.74, 6) is -0.278. The maximum Gasteiger partial charge on any atom is 0.167 e. The van der Waals surface area contributed by atoms with Crippen LogP contribution < -0.4 is 0 Å². The van der Waals surface area contributed by atoms with Crippen molar-refractivity contribution in [2.45, 2.75) is 36.2 Å². The molecule has 2 aliphatic heterocycles. The van der Waals surface area contributed by atoms with Gasteiger partial charge in [-0.05, 0) is 37.8 Å². The first-order chi connectivity index (χ1) is 9.52. The lowest BCUT2D eigenvalue weighted by Crippen LogP contribution is -2.36. The molecule has 6 heteroatoms. The van der Waals surface area contributed by atoms with Crippen LogP contribution in [0.3, 0.4) is 0 Å². The fourth-order valence-electron chi connectivity index (χ4n) is 3.26. The van der Waals surface area contributed by atoms with Crippen molar-refractivity contribution >= 4 is 15.6 Å². The molecule has 1 aromatic rings. The van der Waals surface area contributed by atoms with Gasteiger partial charge in [-0.15, -0.1) is 0 Å². The molecule has 0 radical (unpaired) electrons. The number of aromatic nitrogens is 1. The normalized spacial score (nSPS) is 30.6. The maximum absolute atomic E-state index is 12.4. The lowest BCUT2D eigenvalue weighted by atomic mass is 9.91. The third kappa shape index (κ3) is 2.02. The zero-order valence-corrected chi connectivity index (χ0v) is 11.6. The van der Waals surface area contributed by atoms with Crippen molar-refractivity contribution in [3.8, 4) is 6.07 Å². The monoisotopic (exact) mass is 290 g/mol. The highest BCUT2D eigenvalue weighted by Crippen LogP contribution is 2.42. The Labute approximate surface area is 117 Å². The van der Waals surface area contributed by atoms with Crippen molar-refractivity contribution in [3.05, 3.63) is 29.6 Å². The zero-order valence-electron chi connectivity index (χ0n) is 10.8. The molecule has 3 rings (SSSR count). The average molecular weight is 290 g/mol. The van der Waals surface area contributed by atoms with Gasteiger partial charge in [0.1, 0.15) is 11.8 Å². The Kier molecular flexibility index (Phi) is 3.09. The van der Waals surface area contributed by atoms with E-state index >= 15 is 0 Å². The summed E-state index contributed by atoms with van der Waals surface area (Å²) in [6, 6.07) is 5.02. The van der Waals surface area contributed by atoms with Gasteiger partial charge >= 0.3 is 0 Å². The van der Waals surface area contributed by atoms with Crippen LogP contribution in [-0.2, 0) is 9.84 Å². The topological polar surface area (TPSA) is 87.9 Å². The molecule has 0 amide bonds. The number of rotatable bonds is 2. The van der Waals surface area contributed by atoms with Gasteiger partial charge in [-0.1, -0.05) is 0 Å². The van der Waals surface area contributed by atoms with E-state index in [0.29, 0.717) is 31.2 Å². The Hall–Kier alpha value is -1.74. The highest BCUT2D eigenvalue weighted by Gasteiger charge is 2.48. The van der Waals surface area contributed by atoms with Gasteiger partial charge in [-0.3, -0.25) is 4.79 Å². The molecule has 2 unspecified atom stereocenters. The van der Waals surface area contributed by atoms with Crippen LogP contribution in [0.2, 0.25) is 0 Å². The van der Waals surface area contributed by atoms with Crippen molar-refractivity contribution in [1.82, 2.24) is 4.98 Å². The fourth-order valence-corrected chi connectivity index (χ4v) is 5.74. The van der Waals surface area contributed by atoms with Gasteiger partial charge in [0.05, 0.1) is 10.5 Å². The first-order valence-electron chi connectivity index (χ1n) is 6.65. The number of nitriles is 1. The number of sulfone groups is 1. The number of hydrogen-bond acceptors (Lipinski definition) is 5. The molecule has 2 saturated heterocycles. The molecule has 104 valence electrons. The van der Waals surface area contributed by atoms with Crippen LogP contribution in [0.15, 0.2) is 18.3 Å². The second-order valence-corrected chi connectivity index (χ2v) is 8.00. The van der Waals surface area contributed by atoms with Crippen molar-refractivity contribution in [3.63, 3.8) is 0 Å². The number of hydrogen-bond donors (Lipinski definition) is 0. The summed E-state index contributed by atoms with van der Waals surface area (Å²) in [7, 11) is -3.00. The van der Waals surface area contributed by atoms with E-state index in [1.54, 1.807) is 6.07 Å². The predicted octanol–water partition coefficient (Wildman–Crippen LogP) is 1.49. The number of Topliss-reactive ketones (excluding diaryl/α,β-unsaturated/α-hetero) is 1. The molecule has 5 nitrogen and oxygen atoms in total. The largest absolute Gasteiger partial charge is 0.294 e. The van der Waals surface area contributed by atoms with Crippen molar-refractivity contribution in [2.24, 2.45) is 5.92 Å². The summed E-state index contributed by atoms with van der Waals surface area (Å²) in [6.45, 7) is 0. The smallest absolute Gasteiger partial charge is 0.167 e. The molecule has 2 aliphatic rings. The molecule has 0 aliphatic carbocycles. The molecule has 0 saturated carbocycles. The minimum atomic E-state index is -3.00. The van der Waals surface area contributed by atoms with Gasteiger partial charge in [0, 0.05) is 17.7 Å². The number of pyridine rings is 1.